The highest BCUT2D eigenvalue weighted by Crippen LogP contribution is 2.41. The molecule has 2 aliphatic heterocycles. The van der Waals surface area contributed by atoms with Crippen LogP contribution in [0, 0.1) is 17.8 Å². The third-order valence-electron chi connectivity index (χ3n) is 6.06. The number of rotatable bonds is 4. The van der Waals surface area contributed by atoms with Crippen LogP contribution in [-0.2, 0) is 14.8 Å². The van der Waals surface area contributed by atoms with E-state index in [4.69, 9.17) is 0 Å². The normalized spacial score (nSPS) is 33.7. The molecule has 2 heterocycles. The molecule has 23 heavy (non-hydrogen) atoms. The van der Waals surface area contributed by atoms with Crippen molar-refractivity contribution in [2.75, 3.05) is 25.4 Å². The lowest BCUT2D eigenvalue weighted by molar-refractivity contribution is -0.138. The van der Waals surface area contributed by atoms with Crippen molar-refractivity contribution >= 4 is 15.9 Å². The minimum Gasteiger partial charge on any atom is -0.339 e. The van der Waals surface area contributed by atoms with Gasteiger partial charge in [0.25, 0.3) is 0 Å². The maximum atomic E-state index is 12.7. The van der Waals surface area contributed by atoms with Gasteiger partial charge < -0.3 is 4.90 Å². The Bertz CT molecular complexity index is 540. The van der Waals surface area contributed by atoms with Gasteiger partial charge in [0.05, 0.1) is 5.75 Å². The first kappa shape index (κ1) is 17.2. The zero-order chi connectivity index (χ0) is 16.6. The van der Waals surface area contributed by atoms with Crippen molar-refractivity contribution in [2.45, 2.75) is 58.4 Å². The number of carbonyl (C=O) groups is 1. The fraction of sp³-hybridized carbons (Fsp3) is 0.941. The summed E-state index contributed by atoms with van der Waals surface area (Å²) in [5.41, 5.74) is 0. The minimum atomic E-state index is -3.06. The Morgan fingerprint density at radius 2 is 1.74 bits per heavy atom. The Morgan fingerprint density at radius 3 is 2.30 bits per heavy atom. The van der Waals surface area contributed by atoms with Crippen molar-refractivity contribution in [1.82, 2.24) is 9.21 Å². The van der Waals surface area contributed by atoms with Gasteiger partial charge in [-0.2, -0.15) is 0 Å². The average molecular weight is 343 g/mol. The van der Waals surface area contributed by atoms with Gasteiger partial charge in [-0.25, -0.2) is 12.7 Å². The first-order chi connectivity index (χ1) is 10.9. The molecule has 0 N–H and O–H groups in total. The van der Waals surface area contributed by atoms with Gasteiger partial charge in [0.1, 0.15) is 0 Å². The molecule has 0 aromatic heterocycles. The van der Waals surface area contributed by atoms with E-state index in [1.807, 2.05) is 0 Å². The Morgan fingerprint density at radius 1 is 1.09 bits per heavy atom. The molecule has 3 aliphatic rings. The first-order valence-electron chi connectivity index (χ1n) is 9.22. The number of amides is 1. The van der Waals surface area contributed by atoms with Gasteiger partial charge in [-0.15, -0.1) is 0 Å². The lowest BCUT2D eigenvalue weighted by atomic mass is 9.84. The van der Waals surface area contributed by atoms with Gasteiger partial charge in [-0.3, -0.25) is 4.79 Å². The van der Waals surface area contributed by atoms with Crippen LogP contribution in [-0.4, -0.2) is 55.0 Å². The molecular formula is C17H30N2O3S. The SMILES string of the molecule is CCS(=O)(=O)N1CCC(C2CCCCN2C(=O)C2CC2C)CC1. The van der Waals surface area contributed by atoms with Gasteiger partial charge in [0, 0.05) is 31.6 Å². The van der Waals surface area contributed by atoms with Crippen molar-refractivity contribution < 1.29 is 13.2 Å². The number of sulfonamides is 1. The molecule has 2 saturated heterocycles. The highest BCUT2D eigenvalue weighted by Gasteiger charge is 2.45. The molecule has 0 radical (unpaired) electrons. The Hall–Kier alpha value is -0.620. The van der Waals surface area contributed by atoms with Crippen LogP contribution in [0.2, 0.25) is 0 Å². The zero-order valence-electron chi connectivity index (χ0n) is 14.4. The molecule has 0 aromatic carbocycles. The Labute approximate surface area is 140 Å². The molecule has 1 amide bonds. The molecule has 6 heteroatoms. The molecule has 3 fully saturated rings. The number of piperidine rings is 2. The second-order valence-corrected chi connectivity index (χ2v) is 9.81. The fourth-order valence-corrected chi connectivity index (χ4v) is 5.45. The Kier molecular flexibility index (Phi) is 5.02. The molecule has 3 rings (SSSR count). The summed E-state index contributed by atoms with van der Waals surface area (Å²) >= 11 is 0. The highest BCUT2D eigenvalue weighted by atomic mass is 32.2. The summed E-state index contributed by atoms with van der Waals surface area (Å²) in [7, 11) is -3.06. The molecule has 132 valence electrons. The molecule has 3 unspecified atom stereocenters. The van der Waals surface area contributed by atoms with Gasteiger partial charge in [0.15, 0.2) is 0 Å². The lowest BCUT2D eigenvalue weighted by Gasteiger charge is -2.43. The number of carbonyl (C=O) groups excluding carboxylic acids is 1. The largest absolute Gasteiger partial charge is 0.339 e. The molecule has 1 saturated carbocycles. The summed E-state index contributed by atoms with van der Waals surface area (Å²) in [5.74, 6) is 1.84. The summed E-state index contributed by atoms with van der Waals surface area (Å²) < 4.78 is 25.7. The quantitative estimate of drug-likeness (QED) is 0.786. The van der Waals surface area contributed by atoms with Crippen LogP contribution in [0.3, 0.4) is 0 Å². The summed E-state index contributed by atoms with van der Waals surface area (Å²) in [4.78, 5) is 14.9. The molecule has 0 aromatic rings. The third-order valence-corrected chi connectivity index (χ3v) is 7.94. The molecular weight excluding hydrogens is 312 g/mol. The molecule has 0 spiro atoms. The molecule has 5 nitrogen and oxygen atoms in total. The number of nitrogens with zero attached hydrogens (tertiary/aromatic N) is 2. The second kappa shape index (κ2) is 6.71. The van der Waals surface area contributed by atoms with Gasteiger partial charge in [-0.05, 0) is 57.3 Å². The summed E-state index contributed by atoms with van der Waals surface area (Å²) in [6.45, 7) is 6.02. The van der Waals surface area contributed by atoms with E-state index in [0.717, 1.165) is 38.6 Å². The van der Waals surface area contributed by atoms with Crippen molar-refractivity contribution in [2.24, 2.45) is 17.8 Å². The molecule has 0 bridgehead atoms. The standard InChI is InChI=1S/C17H30N2O3S/c1-3-23(21,22)18-10-7-14(8-11-18)16-6-4-5-9-19(16)17(20)15-12-13(15)2/h13-16H,3-12H2,1-2H3. The first-order valence-corrected chi connectivity index (χ1v) is 10.8. The topological polar surface area (TPSA) is 57.7 Å². The summed E-state index contributed by atoms with van der Waals surface area (Å²) in [6.07, 6.45) is 6.25. The van der Waals surface area contributed by atoms with Crippen molar-refractivity contribution in [3.05, 3.63) is 0 Å². The number of hydrogen-bond acceptors (Lipinski definition) is 3. The molecule has 3 atom stereocenters. The van der Waals surface area contributed by atoms with Crippen LogP contribution in [0.5, 0.6) is 0 Å². The summed E-state index contributed by atoms with van der Waals surface area (Å²) in [6, 6.07) is 0.343. The van der Waals surface area contributed by atoms with Crippen LogP contribution in [0.4, 0.5) is 0 Å². The van der Waals surface area contributed by atoms with E-state index >= 15 is 0 Å². The van der Waals surface area contributed by atoms with E-state index in [0.29, 0.717) is 36.9 Å². The van der Waals surface area contributed by atoms with E-state index in [2.05, 4.69) is 11.8 Å². The smallest absolute Gasteiger partial charge is 0.226 e. The van der Waals surface area contributed by atoms with E-state index in [1.54, 1.807) is 11.2 Å². The van der Waals surface area contributed by atoms with E-state index in [1.165, 1.54) is 6.42 Å². The van der Waals surface area contributed by atoms with Gasteiger partial charge in [-0.1, -0.05) is 6.92 Å². The van der Waals surface area contributed by atoms with E-state index in [-0.39, 0.29) is 11.7 Å². The van der Waals surface area contributed by atoms with E-state index < -0.39 is 10.0 Å². The number of hydrogen-bond donors (Lipinski definition) is 0. The highest BCUT2D eigenvalue weighted by molar-refractivity contribution is 7.89. The van der Waals surface area contributed by atoms with Crippen LogP contribution >= 0.6 is 0 Å². The van der Waals surface area contributed by atoms with Crippen molar-refractivity contribution in [1.29, 1.82) is 0 Å². The van der Waals surface area contributed by atoms with Crippen LogP contribution < -0.4 is 0 Å². The number of likely N-dealkylation sites (tertiary alicyclic amines) is 1. The summed E-state index contributed by atoms with van der Waals surface area (Å²) in [5, 5.41) is 0. The maximum Gasteiger partial charge on any atom is 0.226 e. The lowest BCUT2D eigenvalue weighted by Crippen LogP contribution is -2.51. The third kappa shape index (κ3) is 3.58. The monoisotopic (exact) mass is 342 g/mol. The van der Waals surface area contributed by atoms with Crippen LogP contribution in [0.15, 0.2) is 0 Å². The minimum absolute atomic E-state index is 0.186. The van der Waals surface area contributed by atoms with Crippen molar-refractivity contribution in [3.8, 4) is 0 Å². The van der Waals surface area contributed by atoms with Gasteiger partial charge in [0.2, 0.25) is 15.9 Å². The van der Waals surface area contributed by atoms with Crippen LogP contribution in [0.1, 0.15) is 52.4 Å². The maximum absolute atomic E-state index is 12.7. The van der Waals surface area contributed by atoms with E-state index in [9.17, 15) is 13.2 Å². The predicted molar refractivity (Wildman–Crippen MR) is 90.4 cm³/mol. The molecule has 1 aliphatic carbocycles. The average Bonchev–Trinajstić information content (AvgIpc) is 3.31. The zero-order valence-corrected chi connectivity index (χ0v) is 15.2. The Balaban J connectivity index is 1.62. The fourth-order valence-electron chi connectivity index (χ4n) is 4.32. The van der Waals surface area contributed by atoms with Gasteiger partial charge >= 0.3 is 0 Å². The van der Waals surface area contributed by atoms with Crippen molar-refractivity contribution in [3.63, 3.8) is 0 Å². The predicted octanol–water partition coefficient (Wildman–Crippen LogP) is 2.09. The van der Waals surface area contributed by atoms with Crippen LogP contribution in [0.25, 0.3) is 0 Å². The second-order valence-electron chi connectivity index (χ2n) is 7.55.